The van der Waals surface area contributed by atoms with Gasteiger partial charge in [0.25, 0.3) is 0 Å². The maximum atomic E-state index is 14.0. The number of aliphatic hydroxyl groups is 1. The lowest BCUT2D eigenvalue weighted by atomic mass is 9.97. The Bertz CT molecular complexity index is 1730. The summed E-state index contributed by atoms with van der Waals surface area (Å²) in [6, 6.07) is 31.8. The SMILES string of the molecule is C=C(C)C(C(=O)OC(c1ccccc1)c1ccccc1)N1C(O)C(NC(=O)Cc2ccccc2)C1SS(=O)(=O)c1ccc(C)cc1. The first-order chi connectivity index (χ1) is 22.0. The van der Waals surface area contributed by atoms with Gasteiger partial charge in [0.15, 0.2) is 6.10 Å². The summed E-state index contributed by atoms with van der Waals surface area (Å²) in [4.78, 5) is 28.5. The average molecular weight is 657 g/mol. The molecule has 4 aromatic carbocycles. The van der Waals surface area contributed by atoms with Crippen LogP contribution in [0.1, 0.15) is 35.3 Å². The first-order valence-corrected chi connectivity index (χ1v) is 17.7. The molecule has 1 saturated heterocycles. The van der Waals surface area contributed by atoms with Crippen molar-refractivity contribution in [2.24, 2.45) is 0 Å². The van der Waals surface area contributed by atoms with Crippen LogP contribution in [0.25, 0.3) is 0 Å². The van der Waals surface area contributed by atoms with Crippen LogP contribution in [0.15, 0.2) is 132 Å². The number of likely N-dealkylation sites (tertiary alicyclic amines) is 1. The van der Waals surface area contributed by atoms with E-state index in [1.54, 1.807) is 31.2 Å². The van der Waals surface area contributed by atoms with E-state index in [2.05, 4.69) is 11.9 Å². The first-order valence-electron chi connectivity index (χ1n) is 14.8. The molecule has 0 saturated carbocycles. The zero-order chi connectivity index (χ0) is 32.8. The molecular weight excluding hydrogens is 621 g/mol. The largest absolute Gasteiger partial charge is 0.451 e. The number of ether oxygens (including phenoxy) is 1. The molecular formula is C36H36N2O6S2. The Morgan fingerprint density at radius 1 is 0.891 bits per heavy atom. The van der Waals surface area contributed by atoms with Crippen LogP contribution in [-0.2, 0) is 29.6 Å². The van der Waals surface area contributed by atoms with E-state index < -0.39 is 50.5 Å². The van der Waals surface area contributed by atoms with Gasteiger partial charge in [0.05, 0.1) is 22.7 Å². The molecule has 10 heteroatoms. The zero-order valence-electron chi connectivity index (χ0n) is 25.5. The van der Waals surface area contributed by atoms with E-state index in [0.29, 0.717) is 16.4 Å². The second-order valence-electron chi connectivity index (χ2n) is 11.3. The number of aliphatic hydroxyl groups excluding tert-OH is 1. The number of aryl methyl sites for hydroxylation is 1. The summed E-state index contributed by atoms with van der Waals surface area (Å²) in [5, 5.41) is 13.2. The van der Waals surface area contributed by atoms with E-state index in [9.17, 15) is 23.1 Å². The van der Waals surface area contributed by atoms with Gasteiger partial charge in [-0.3, -0.25) is 4.79 Å². The van der Waals surface area contributed by atoms with Gasteiger partial charge in [-0.15, -0.1) is 0 Å². The summed E-state index contributed by atoms with van der Waals surface area (Å²) in [6.45, 7) is 7.48. The van der Waals surface area contributed by atoms with E-state index in [0.717, 1.165) is 22.3 Å². The highest BCUT2D eigenvalue weighted by molar-refractivity contribution is 8.72. The molecule has 4 unspecified atom stereocenters. The molecule has 0 bridgehead atoms. The number of hydrogen-bond acceptors (Lipinski definition) is 8. The van der Waals surface area contributed by atoms with Crippen LogP contribution in [0.3, 0.4) is 0 Å². The number of rotatable bonds is 12. The van der Waals surface area contributed by atoms with Crippen molar-refractivity contribution < 1.29 is 27.9 Å². The molecule has 5 rings (SSSR count). The monoisotopic (exact) mass is 656 g/mol. The molecule has 0 aromatic heterocycles. The van der Waals surface area contributed by atoms with Gasteiger partial charge in [-0.05, 0) is 53.5 Å². The van der Waals surface area contributed by atoms with Crippen LogP contribution in [0.4, 0.5) is 0 Å². The number of nitrogens with one attached hydrogen (secondary N) is 1. The van der Waals surface area contributed by atoms with Gasteiger partial charge in [-0.25, -0.2) is 18.1 Å². The van der Waals surface area contributed by atoms with Crippen LogP contribution in [0.5, 0.6) is 0 Å². The predicted octanol–water partition coefficient (Wildman–Crippen LogP) is 5.38. The first kappa shape index (κ1) is 33.2. The van der Waals surface area contributed by atoms with Crippen molar-refractivity contribution in [2.45, 2.75) is 55.0 Å². The number of benzene rings is 4. The molecule has 1 amide bonds. The molecule has 2 N–H and O–H groups in total. The van der Waals surface area contributed by atoms with Crippen LogP contribution < -0.4 is 5.32 Å². The van der Waals surface area contributed by atoms with Crippen molar-refractivity contribution in [2.75, 3.05) is 0 Å². The standard InChI is InChI=1S/C36H36N2O6S2/c1-24(2)32(36(41)44-33(27-15-9-5-10-16-27)28-17-11-6-12-18-28)38-34(40)31(37-30(39)23-26-13-7-4-8-14-26)35(38)45-46(42,43)29-21-19-25(3)20-22-29/h4-22,31-35,40H,1,23H2,2-3H3,(H,37,39). The minimum absolute atomic E-state index is 0.0357. The Labute approximate surface area is 273 Å². The van der Waals surface area contributed by atoms with Gasteiger partial charge in [0.2, 0.25) is 14.8 Å². The van der Waals surface area contributed by atoms with Crippen LogP contribution in [0.2, 0.25) is 0 Å². The highest BCUT2D eigenvalue weighted by Crippen LogP contribution is 2.42. The number of hydrogen-bond donors (Lipinski definition) is 2. The lowest BCUT2D eigenvalue weighted by molar-refractivity contribution is -0.175. The number of esters is 1. The summed E-state index contributed by atoms with van der Waals surface area (Å²) in [6.07, 6.45) is -2.13. The Hall–Kier alpha value is -4.22. The number of amides is 1. The molecule has 8 nitrogen and oxygen atoms in total. The highest BCUT2D eigenvalue weighted by atomic mass is 33.1. The molecule has 0 spiro atoms. The Balaban J connectivity index is 1.45. The summed E-state index contributed by atoms with van der Waals surface area (Å²) in [5.74, 6) is -1.10. The number of carbonyl (C=O) groups excluding carboxylic acids is 2. The molecule has 4 atom stereocenters. The summed E-state index contributed by atoms with van der Waals surface area (Å²) in [5.41, 5.74) is 3.48. The van der Waals surface area contributed by atoms with Crippen molar-refractivity contribution in [3.05, 3.63) is 150 Å². The van der Waals surface area contributed by atoms with Gasteiger partial charge in [0, 0.05) is 0 Å². The van der Waals surface area contributed by atoms with Crippen molar-refractivity contribution in [3.63, 3.8) is 0 Å². The fourth-order valence-electron chi connectivity index (χ4n) is 5.37. The van der Waals surface area contributed by atoms with Crippen LogP contribution >= 0.6 is 10.8 Å². The lowest BCUT2D eigenvalue weighted by Gasteiger charge is -2.54. The fraction of sp³-hybridized carbons (Fsp3) is 0.222. The van der Waals surface area contributed by atoms with E-state index in [-0.39, 0.29) is 11.3 Å². The van der Waals surface area contributed by atoms with Gasteiger partial charge in [-0.2, -0.15) is 0 Å². The fourth-order valence-corrected chi connectivity index (χ4v) is 8.99. The van der Waals surface area contributed by atoms with E-state index in [1.807, 2.05) is 85.8 Å². The van der Waals surface area contributed by atoms with Gasteiger partial charge in [0.1, 0.15) is 12.3 Å². The quantitative estimate of drug-likeness (QED) is 0.119. The number of carbonyl (C=O) groups is 2. The number of nitrogens with zero attached hydrogens (tertiary/aromatic N) is 1. The van der Waals surface area contributed by atoms with Crippen molar-refractivity contribution in [1.29, 1.82) is 0 Å². The Morgan fingerprint density at radius 2 is 1.41 bits per heavy atom. The third kappa shape index (κ3) is 7.59. The third-order valence-corrected chi connectivity index (χ3v) is 11.5. The molecule has 1 aliphatic heterocycles. The average Bonchev–Trinajstić information content (AvgIpc) is 3.05. The van der Waals surface area contributed by atoms with Crippen LogP contribution in [-0.4, -0.2) is 54.0 Å². The maximum absolute atomic E-state index is 14.0. The Kier molecular flexibility index (Phi) is 10.4. The molecule has 4 aromatic rings. The van der Waals surface area contributed by atoms with Crippen molar-refractivity contribution >= 4 is 31.5 Å². The van der Waals surface area contributed by atoms with E-state index in [4.69, 9.17) is 4.74 Å². The maximum Gasteiger partial charge on any atom is 0.328 e. The predicted molar refractivity (Wildman–Crippen MR) is 179 cm³/mol. The highest BCUT2D eigenvalue weighted by Gasteiger charge is 2.56. The normalized spacial score (nSPS) is 18.7. The van der Waals surface area contributed by atoms with Gasteiger partial charge in [-0.1, -0.05) is 121 Å². The van der Waals surface area contributed by atoms with Crippen LogP contribution in [0, 0.1) is 6.92 Å². The topological polar surface area (TPSA) is 113 Å². The minimum atomic E-state index is -3.98. The zero-order valence-corrected chi connectivity index (χ0v) is 27.2. The van der Waals surface area contributed by atoms with E-state index >= 15 is 0 Å². The smallest absolute Gasteiger partial charge is 0.328 e. The third-order valence-electron chi connectivity index (χ3n) is 7.72. The summed E-state index contributed by atoms with van der Waals surface area (Å²) in [7, 11) is -3.42. The minimum Gasteiger partial charge on any atom is -0.451 e. The van der Waals surface area contributed by atoms with E-state index in [1.165, 1.54) is 17.0 Å². The Morgan fingerprint density at radius 3 is 1.93 bits per heavy atom. The summed E-state index contributed by atoms with van der Waals surface area (Å²) >= 11 is 0. The second-order valence-corrected chi connectivity index (χ2v) is 15.2. The molecule has 0 radical (unpaired) electrons. The van der Waals surface area contributed by atoms with Crippen molar-refractivity contribution in [3.8, 4) is 0 Å². The van der Waals surface area contributed by atoms with Gasteiger partial charge >= 0.3 is 5.97 Å². The van der Waals surface area contributed by atoms with Gasteiger partial charge < -0.3 is 15.2 Å². The lowest BCUT2D eigenvalue weighted by Crippen LogP contribution is -2.75. The molecule has 1 aliphatic rings. The molecule has 0 aliphatic carbocycles. The summed E-state index contributed by atoms with van der Waals surface area (Å²) < 4.78 is 33.4. The molecule has 1 fully saturated rings. The van der Waals surface area contributed by atoms with Crippen molar-refractivity contribution in [1.82, 2.24) is 10.2 Å². The molecule has 1 heterocycles. The second kappa shape index (κ2) is 14.5. The molecule has 46 heavy (non-hydrogen) atoms. The molecule has 238 valence electrons.